The van der Waals surface area contributed by atoms with Crippen LogP contribution in [0.4, 0.5) is 0 Å². The van der Waals surface area contributed by atoms with Crippen molar-refractivity contribution in [3.8, 4) is 0 Å². The van der Waals surface area contributed by atoms with Gasteiger partial charge >= 0.3 is 0 Å². The molecular formula is C13H27N3O. The highest BCUT2D eigenvalue weighted by Gasteiger charge is 2.29. The van der Waals surface area contributed by atoms with E-state index >= 15 is 0 Å². The van der Waals surface area contributed by atoms with Gasteiger partial charge in [-0.15, -0.1) is 0 Å². The summed E-state index contributed by atoms with van der Waals surface area (Å²) in [4.78, 5) is 16.2. The Kier molecular flexibility index (Phi) is 5.92. The van der Waals surface area contributed by atoms with Crippen LogP contribution in [0.1, 0.15) is 32.6 Å². The lowest BCUT2D eigenvalue weighted by molar-refractivity contribution is -0.135. The number of carbonyl (C=O) groups excluding carboxylic acids is 1. The first-order chi connectivity index (χ1) is 8.08. The van der Waals surface area contributed by atoms with Gasteiger partial charge in [-0.2, -0.15) is 0 Å². The second kappa shape index (κ2) is 6.97. The molecule has 2 unspecified atom stereocenters. The molecular weight excluding hydrogens is 214 g/mol. The van der Waals surface area contributed by atoms with Gasteiger partial charge in [0.05, 0.1) is 0 Å². The molecule has 1 rings (SSSR count). The lowest BCUT2D eigenvalue weighted by Crippen LogP contribution is -2.50. The molecule has 1 saturated heterocycles. The van der Waals surface area contributed by atoms with E-state index in [0.717, 1.165) is 31.8 Å². The number of rotatable bonds is 5. The van der Waals surface area contributed by atoms with Crippen LogP contribution in [0.3, 0.4) is 0 Å². The van der Waals surface area contributed by atoms with Crippen LogP contribution in [0.15, 0.2) is 0 Å². The third-order valence-electron chi connectivity index (χ3n) is 3.77. The zero-order chi connectivity index (χ0) is 12.8. The van der Waals surface area contributed by atoms with Crippen molar-refractivity contribution >= 4 is 5.91 Å². The number of hydrogen-bond acceptors (Lipinski definition) is 3. The minimum atomic E-state index is 0.267. The zero-order valence-corrected chi connectivity index (χ0v) is 11.5. The van der Waals surface area contributed by atoms with Gasteiger partial charge in [-0.25, -0.2) is 0 Å². The SMILES string of the molecule is CCC1CCN(C(=O)CCN(C)C)C(CN)C1. The van der Waals surface area contributed by atoms with Crippen LogP contribution in [0, 0.1) is 5.92 Å². The van der Waals surface area contributed by atoms with E-state index in [2.05, 4.69) is 6.92 Å². The van der Waals surface area contributed by atoms with Gasteiger partial charge in [0.2, 0.25) is 5.91 Å². The average molecular weight is 241 g/mol. The van der Waals surface area contributed by atoms with Crippen LogP contribution in [0.2, 0.25) is 0 Å². The van der Waals surface area contributed by atoms with Gasteiger partial charge in [0.15, 0.2) is 0 Å². The van der Waals surface area contributed by atoms with Crippen LogP contribution in [0.5, 0.6) is 0 Å². The molecule has 0 spiro atoms. The average Bonchev–Trinajstić information content (AvgIpc) is 2.34. The number of nitrogens with zero attached hydrogens (tertiary/aromatic N) is 2. The van der Waals surface area contributed by atoms with Crippen LogP contribution >= 0.6 is 0 Å². The highest BCUT2D eigenvalue weighted by molar-refractivity contribution is 5.76. The standard InChI is InChI=1S/C13H27N3O/c1-4-11-5-8-16(12(9-11)10-14)13(17)6-7-15(2)3/h11-12H,4-10,14H2,1-3H3. The predicted molar refractivity (Wildman–Crippen MR) is 70.7 cm³/mol. The second-order valence-electron chi connectivity index (χ2n) is 5.33. The minimum absolute atomic E-state index is 0.267. The Bertz CT molecular complexity index is 243. The monoisotopic (exact) mass is 241 g/mol. The largest absolute Gasteiger partial charge is 0.338 e. The molecule has 4 nitrogen and oxygen atoms in total. The molecule has 0 aliphatic carbocycles. The van der Waals surface area contributed by atoms with E-state index in [9.17, 15) is 4.79 Å². The number of piperidine rings is 1. The molecule has 1 amide bonds. The summed E-state index contributed by atoms with van der Waals surface area (Å²) in [6.45, 7) is 4.54. The fourth-order valence-corrected chi connectivity index (χ4v) is 2.52. The number of carbonyl (C=O) groups is 1. The fraction of sp³-hybridized carbons (Fsp3) is 0.923. The van der Waals surface area contributed by atoms with Crippen LogP contribution < -0.4 is 5.73 Å². The van der Waals surface area contributed by atoms with E-state index in [1.165, 1.54) is 6.42 Å². The first-order valence-electron chi connectivity index (χ1n) is 6.72. The van der Waals surface area contributed by atoms with E-state index in [-0.39, 0.29) is 11.9 Å². The topological polar surface area (TPSA) is 49.6 Å². The zero-order valence-electron chi connectivity index (χ0n) is 11.5. The highest BCUT2D eigenvalue weighted by atomic mass is 16.2. The minimum Gasteiger partial charge on any atom is -0.338 e. The molecule has 0 radical (unpaired) electrons. The highest BCUT2D eigenvalue weighted by Crippen LogP contribution is 2.25. The first kappa shape index (κ1) is 14.5. The molecule has 1 aliphatic rings. The lowest BCUT2D eigenvalue weighted by atomic mass is 9.88. The summed E-state index contributed by atoms with van der Waals surface area (Å²) in [5.41, 5.74) is 5.80. The first-order valence-corrected chi connectivity index (χ1v) is 6.72. The lowest BCUT2D eigenvalue weighted by Gasteiger charge is -2.39. The Morgan fingerprint density at radius 1 is 1.47 bits per heavy atom. The van der Waals surface area contributed by atoms with Gasteiger partial charge in [-0.05, 0) is 32.9 Å². The summed E-state index contributed by atoms with van der Waals surface area (Å²) < 4.78 is 0. The molecule has 0 saturated carbocycles. The number of amides is 1. The van der Waals surface area contributed by atoms with Crippen molar-refractivity contribution in [2.75, 3.05) is 33.7 Å². The van der Waals surface area contributed by atoms with Crippen molar-refractivity contribution in [2.24, 2.45) is 11.7 Å². The smallest absolute Gasteiger partial charge is 0.224 e. The Hall–Kier alpha value is -0.610. The second-order valence-corrected chi connectivity index (χ2v) is 5.33. The third kappa shape index (κ3) is 4.28. The maximum atomic E-state index is 12.1. The molecule has 1 fully saturated rings. The third-order valence-corrected chi connectivity index (χ3v) is 3.77. The number of likely N-dealkylation sites (tertiary alicyclic amines) is 1. The van der Waals surface area contributed by atoms with Gasteiger partial charge in [0, 0.05) is 32.1 Å². The van der Waals surface area contributed by atoms with Gasteiger partial charge < -0.3 is 15.5 Å². The quantitative estimate of drug-likeness (QED) is 0.778. The Morgan fingerprint density at radius 3 is 2.71 bits per heavy atom. The Balaban J connectivity index is 2.48. The summed E-state index contributed by atoms with van der Waals surface area (Å²) in [5, 5.41) is 0. The molecule has 1 aliphatic heterocycles. The molecule has 4 heteroatoms. The number of hydrogen-bond donors (Lipinski definition) is 1. The summed E-state index contributed by atoms with van der Waals surface area (Å²) in [6, 6.07) is 0.267. The van der Waals surface area contributed by atoms with Crippen LogP contribution in [-0.4, -0.2) is 55.5 Å². The molecule has 1 heterocycles. The van der Waals surface area contributed by atoms with E-state index in [1.54, 1.807) is 0 Å². The normalized spacial score (nSPS) is 25.4. The van der Waals surface area contributed by atoms with E-state index in [4.69, 9.17) is 5.73 Å². The van der Waals surface area contributed by atoms with Crippen molar-refractivity contribution in [1.82, 2.24) is 9.80 Å². The number of nitrogens with two attached hydrogens (primary N) is 1. The van der Waals surface area contributed by atoms with Crippen molar-refractivity contribution in [3.05, 3.63) is 0 Å². The van der Waals surface area contributed by atoms with Crippen LogP contribution in [0.25, 0.3) is 0 Å². The maximum Gasteiger partial charge on any atom is 0.224 e. The summed E-state index contributed by atoms with van der Waals surface area (Å²) in [7, 11) is 3.99. The van der Waals surface area contributed by atoms with E-state index in [0.29, 0.717) is 13.0 Å². The molecule has 2 N–H and O–H groups in total. The summed E-state index contributed by atoms with van der Waals surface area (Å²) >= 11 is 0. The Labute approximate surface area is 105 Å². The summed E-state index contributed by atoms with van der Waals surface area (Å²) in [6.07, 6.45) is 4.04. The summed E-state index contributed by atoms with van der Waals surface area (Å²) in [5.74, 6) is 1.02. The van der Waals surface area contributed by atoms with Crippen molar-refractivity contribution in [1.29, 1.82) is 0 Å². The van der Waals surface area contributed by atoms with Gasteiger partial charge in [-0.3, -0.25) is 4.79 Å². The van der Waals surface area contributed by atoms with Gasteiger partial charge in [0.25, 0.3) is 0 Å². The molecule has 100 valence electrons. The van der Waals surface area contributed by atoms with E-state index < -0.39 is 0 Å². The van der Waals surface area contributed by atoms with E-state index in [1.807, 2.05) is 23.9 Å². The Morgan fingerprint density at radius 2 is 2.18 bits per heavy atom. The van der Waals surface area contributed by atoms with Crippen molar-refractivity contribution < 1.29 is 4.79 Å². The fourth-order valence-electron chi connectivity index (χ4n) is 2.52. The van der Waals surface area contributed by atoms with Gasteiger partial charge in [0.1, 0.15) is 0 Å². The molecule has 17 heavy (non-hydrogen) atoms. The van der Waals surface area contributed by atoms with Gasteiger partial charge in [-0.1, -0.05) is 13.3 Å². The van der Waals surface area contributed by atoms with Crippen LogP contribution in [-0.2, 0) is 4.79 Å². The molecule has 0 aromatic carbocycles. The molecule has 0 bridgehead atoms. The molecule has 2 atom stereocenters. The van der Waals surface area contributed by atoms with Crippen molar-refractivity contribution in [3.63, 3.8) is 0 Å². The maximum absolute atomic E-state index is 12.1. The molecule has 0 aromatic rings. The predicted octanol–water partition coefficient (Wildman–Crippen LogP) is 0.914. The van der Waals surface area contributed by atoms with Crippen molar-refractivity contribution in [2.45, 2.75) is 38.6 Å². The molecule has 0 aromatic heterocycles.